The van der Waals surface area contributed by atoms with Crippen molar-refractivity contribution in [2.45, 2.75) is 66.2 Å². The molecule has 2 aromatic rings. The zero-order chi connectivity index (χ0) is 25.8. The van der Waals surface area contributed by atoms with Gasteiger partial charge in [-0.25, -0.2) is 4.79 Å². The molecule has 0 atom stereocenters. The number of ether oxygens (including phenoxy) is 1. The Morgan fingerprint density at radius 2 is 1.47 bits per heavy atom. The van der Waals surface area contributed by atoms with Crippen LogP contribution in [-0.2, 0) is 14.3 Å². The van der Waals surface area contributed by atoms with E-state index in [1.807, 2.05) is 18.2 Å². The maximum Gasteiger partial charge on any atom is 0.338 e. The first-order chi connectivity index (χ1) is 17.0. The molecule has 3 aliphatic rings. The minimum absolute atomic E-state index is 0.0691. The minimum Gasteiger partial charge on any atom is -0.468 e. The monoisotopic (exact) mass is 487 g/mol. The Hall–Kier alpha value is -3.41. The number of esters is 1. The highest BCUT2D eigenvalue weighted by atomic mass is 16.5. The molecule has 2 heterocycles. The Morgan fingerprint density at radius 1 is 0.917 bits per heavy atom. The van der Waals surface area contributed by atoms with Crippen molar-refractivity contribution < 1.29 is 23.5 Å². The van der Waals surface area contributed by atoms with Crippen LogP contribution in [0.15, 0.2) is 63.6 Å². The maximum atomic E-state index is 13.5. The Labute approximate surface area is 211 Å². The highest BCUT2D eigenvalue weighted by Crippen LogP contribution is 2.51. The Morgan fingerprint density at radius 3 is 2.00 bits per heavy atom. The van der Waals surface area contributed by atoms with E-state index in [0.717, 1.165) is 35.4 Å². The van der Waals surface area contributed by atoms with Crippen molar-refractivity contribution in [3.8, 4) is 11.1 Å². The zero-order valence-electron chi connectivity index (χ0n) is 21.6. The average molecular weight is 488 g/mol. The average Bonchev–Trinajstić information content (AvgIpc) is 3.26. The van der Waals surface area contributed by atoms with Crippen LogP contribution in [0.25, 0.3) is 11.1 Å². The van der Waals surface area contributed by atoms with E-state index in [1.54, 1.807) is 25.3 Å². The molecule has 1 aliphatic heterocycles. The number of furan rings is 1. The first-order valence-electron chi connectivity index (χ1n) is 12.6. The van der Waals surface area contributed by atoms with Crippen LogP contribution in [0.1, 0.15) is 82.3 Å². The highest BCUT2D eigenvalue weighted by molar-refractivity contribution is 6.06. The number of rotatable bonds is 4. The Balaban J connectivity index is 1.56. The largest absolute Gasteiger partial charge is 0.468 e. The third-order valence-corrected chi connectivity index (χ3v) is 7.35. The number of allylic oxidation sites excluding steroid dienone is 4. The summed E-state index contributed by atoms with van der Waals surface area (Å²) in [6, 6.07) is 9.07. The van der Waals surface area contributed by atoms with Crippen molar-refractivity contribution in [2.75, 3.05) is 6.61 Å². The molecule has 5 rings (SSSR count). The van der Waals surface area contributed by atoms with Crippen molar-refractivity contribution in [2.24, 2.45) is 10.8 Å². The van der Waals surface area contributed by atoms with Crippen molar-refractivity contribution >= 4 is 17.5 Å². The Bertz CT molecular complexity index is 1270. The van der Waals surface area contributed by atoms with E-state index in [0.29, 0.717) is 41.9 Å². The predicted molar refractivity (Wildman–Crippen MR) is 136 cm³/mol. The first-order valence-corrected chi connectivity index (χ1v) is 12.6. The van der Waals surface area contributed by atoms with Crippen LogP contribution < -0.4 is 5.32 Å². The number of dihydropyridines is 1. The summed E-state index contributed by atoms with van der Waals surface area (Å²) in [7, 11) is 0. The SMILES string of the molecule is CCOC(=O)c1ccc(-c2coc(C3C4=C(CC(C)(C)CC4=O)NC4=C3C(=O)CC(C)(C)C4)c2)cc1. The van der Waals surface area contributed by atoms with Gasteiger partial charge in [-0.2, -0.15) is 0 Å². The molecule has 6 heteroatoms. The van der Waals surface area contributed by atoms with E-state index in [-0.39, 0.29) is 28.4 Å². The summed E-state index contributed by atoms with van der Waals surface area (Å²) in [6.45, 7) is 10.5. The smallest absolute Gasteiger partial charge is 0.338 e. The molecule has 1 aromatic carbocycles. The molecule has 0 fully saturated rings. The number of carbonyl (C=O) groups excluding carboxylic acids is 3. The van der Waals surface area contributed by atoms with Gasteiger partial charge in [0.15, 0.2) is 11.6 Å². The molecule has 188 valence electrons. The van der Waals surface area contributed by atoms with Gasteiger partial charge >= 0.3 is 5.97 Å². The van der Waals surface area contributed by atoms with Crippen molar-refractivity contribution in [1.29, 1.82) is 0 Å². The third kappa shape index (κ3) is 4.34. The molecule has 0 spiro atoms. The van der Waals surface area contributed by atoms with Gasteiger partial charge in [0.25, 0.3) is 0 Å². The molecule has 36 heavy (non-hydrogen) atoms. The first kappa shape index (κ1) is 24.3. The lowest BCUT2D eigenvalue weighted by molar-refractivity contribution is -0.119. The van der Waals surface area contributed by atoms with Crippen LogP contribution in [-0.4, -0.2) is 24.1 Å². The molecule has 0 saturated heterocycles. The summed E-state index contributed by atoms with van der Waals surface area (Å²) < 4.78 is 11.2. The molecule has 0 bridgehead atoms. The second-order valence-corrected chi connectivity index (χ2v) is 11.8. The van der Waals surface area contributed by atoms with E-state index in [1.165, 1.54) is 0 Å². The van der Waals surface area contributed by atoms with Gasteiger partial charge < -0.3 is 14.5 Å². The van der Waals surface area contributed by atoms with E-state index in [4.69, 9.17) is 9.15 Å². The molecule has 0 unspecified atom stereocenters. The van der Waals surface area contributed by atoms with Crippen molar-refractivity contribution in [1.82, 2.24) is 5.32 Å². The van der Waals surface area contributed by atoms with Crippen LogP contribution in [0.4, 0.5) is 0 Å². The zero-order valence-corrected chi connectivity index (χ0v) is 21.6. The molecular weight excluding hydrogens is 454 g/mol. The lowest BCUT2D eigenvalue weighted by Crippen LogP contribution is -2.42. The number of hydrogen-bond donors (Lipinski definition) is 1. The summed E-state index contributed by atoms with van der Waals surface area (Å²) in [5.41, 5.74) is 5.07. The van der Waals surface area contributed by atoms with E-state index < -0.39 is 5.92 Å². The fraction of sp³-hybridized carbons (Fsp3) is 0.433. The number of carbonyl (C=O) groups is 3. The number of hydrogen-bond acceptors (Lipinski definition) is 6. The van der Waals surface area contributed by atoms with E-state index in [2.05, 4.69) is 33.0 Å². The van der Waals surface area contributed by atoms with Crippen LogP contribution in [0, 0.1) is 10.8 Å². The van der Waals surface area contributed by atoms with Gasteiger partial charge in [-0.3, -0.25) is 9.59 Å². The van der Waals surface area contributed by atoms with Crippen LogP contribution in [0.5, 0.6) is 0 Å². The summed E-state index contributed by atoms with van der Waals surface area (Å²) >= 11 is 0. The molecule has 0 radical (unpaired) electrons. The third-order valence-electron chi connectivity index (χ3n) is 7.35. The molecule has 1 N–H and O–H groups in total. The lowest BCUT2D eigenvalue weighted by Gasteiger charge is -2.43. The summed E-state index contributed by atoms with van der Waals surface area (Å²) in [6.07, 6.45) is 4.04. The minimum atomic E-state index is -0.504. The maximum absolute atomic E-state index is 13.5. The molecule has 1 aromatic heterocycles. The second-order valence-electron chi connectivity index (χ2n) is 11.8. The molecule has 0 saturated carbocycles. The van der Waals surface area contributed by atoms with Gasteiger partial charge in [0, 0.05) is 40.9 Å². The van der Waals surface area contributed by atoms with Gasteiger partial charge in [0.2, 0.25) is 0 Å². The molecule has 6 nitrogen and oxygen atoms in total. The van der Waals surface area contributed by atoms with Gasteiger partial charge in [0.1, 0.15) is 5.76 Å². The molecule has 0 amide bonds. The topological polar surface area (TPSA) is 85.6 Å². The van der Waals surface area contributed by atoms with E-state index in [9.17, 15) is 14.4 Å². The van der Waals surface area contributed by atoms with Crippen molar-refractivity contribution in [3.05, 3.63) is 70.5 Å². The van der Waals surface area contributed by atoms with Gasteiger partial charge in [-0.05, 0) is 54.4 Å². The van der Waals surface area contributed by atoms with Crippen molar-refractivity contribution in [3.63, 3.8) is 0 Å². The quantitative estimate of drug-likeness (QED) is 0.525. The summed E-state index contributed by atoms with van der Waals surface area (Å²) in [4.78, 5) is 38.9. The van der Waals surface area contributed by atoms with Gasteiger partial charge in [0.05, 0.1) is 24.4 Å². The molecule has 2 aliphatic carbocycles. The van der Waals surface area contributed by atoms with E-state index >= 15 is 0 Å². The standard InChI is InChI=1S/C30H33NO5/c1-6-35-28(34)18-9-7-17(8-10-18)19-11-24(36-16-19)27-25-20(12-29(2,3)14-22(25)32)31-21-13-30(4,5)15-23(33)26(21)27/h7-11,16,27,31H,6,12-15H2,1-5H3. The Kier molecular flexibility index (Phi) is 5.81. The normalized spacial score (nSPS) is 21.1. The number of benzene rings is 1. The van der Waals surface area contributed by atoms with Crippen LogP contribution >= 0.6 is 0 Å². The van der Waals surface area contributed by atoms with Gasteiger partial charge in [-0.1, -0.05) is 39.8 Å². The fourth-order valence-corrected chi connectivity index (χ4v) is 5.84. The van der Waals surface area contributed by atoms with Crippen LogP contribution in [0.3, 0.4) is 0 Å². The summed E-state index contributed by atoms with van der Waals surface area (Å²) in [5.74, 6) is -0.125. The fourth-order valence-electron chi connectivity index (χ4n) is 5.84. The number of ketones is 2. The highest BCUT2D eigenvalue weighted by Gasteiger charge is 2.47. The van der Waals surface area contributed by atoms with Gasteiger partial charge in [-0.15, -0.1) is 0 Å². The second kappa shape index (κ2) is 8.61. The lowest BCUT2D eigenvalue weighted by atomic mass is 9.65. The summed E-state index contributed by atoms with van der Waals surface area (Å²) in [5, 5.41) is 3.53. The molecular formula is C30H33NO5. The number of nitrogens with one attached hydrogen (secondary N) is 1. The number of Topliss-reactive ketones (excluding diaryl/α,β-unsaturated/α-hetero) is 2. The van der Waals surface area contributed by atoms with Crippen LogP contribution in [0.2, 0.25) is 0 Å². The predicted octanol–water partition coefficient (Wildman–Crippen LogP) is 6.10.